The van der Waals surface area contributed by atoms with Crippen molar-refractivity contribution in [1.82, 2.24) is 4.72 Å². The standard InChI is InChI=1S/C7H12N2O3S2/c1-7(10,5-9-14(8,11)12)6-2-3-13-4-6/h2-4,9-10H,5H2,1H3,(H2,8,11,12). The third-order valence-electron chi connectivity index (χ3n) is 1.76. The van der Waals surface area contributed by atoms with Gasteiger partial charge < -0.3 is 5.11 Å². The summed E-state index contributed by atoms with van der Waals surface area (Å²) < 4.78 is 23.3. The highest BCUT2D eigenvalue weighted by Crippen LogP contribution is 2.21. The van der Waals surface area contributed by atoms with Crippen LogP contribution in [0, 0.1) is 0 Å². The summed E-state index contributed by atoms with van der Waals surface area (Å²) in [6.07, 6.45) is 0. The Morgan fingerprint density at radius 3 is 2.79 bits per heavy atom. The summed E-state index contributed by atoms with van der Waals surface area (Å²) in [5, 5.41) is 18.2. The summed E-state index contributed by atoms with van der Waals surface area (Å²) in [6.45, 7) is 1.38. The van der Waals surface area contributed by atoms with E-state index in [4.69, 9.17) is 5.14 Å². The average Bonchev–Trinajstić information content (AvgIpc) is 2.52. The van der Waals surface area contributed by atoms with Crippen molar-refractivity contribution in [2.24, 2.45) is 5.14 Å². The fourth-order valence-electron chi connectivity index (χ4n) is 0.914. The van der Waals surface area contributed by atoms with Gasteiger partial charge in [0.15, 0.2) is 0 Å². The molecule has 1 aromatic heterocycles. The lowest BCUT2D eigenvalue weighted by atomic mass is 10.0. The van der Waals surface area contributed by atoms with Gasteiger partial charge in [0, 0.05) is 6.54 Å². The number of aliphatic hydroxyl groups is 1. The third kappa shape index (κ3) is 3.35. The molecule has 1 atom stereocenters. The summed E-state index contributed by atoms with van der Waals surface area (Å²) in [4.78, 5) is 0. The van der Waals surface area contributed by atoms with Crippen molar-refractivity contribution >= 4 is 21.5 Å². The molecule has 0 spiro atoms. The predicted octanol–water partition coefficient (Wildman–Crippen LogP) is -0.251. The SMILES string of the molecule is CC(O)(CNS(N)(=O)=O)c1ccsc1. The van der Waals surface area contributed by atoms with E-state index in [1.54, 1.807) is 16.8 Å². The van der Waals surface area contributed by atoms with Crippen LogP contribution in [0.3, 0.4) is 0 Å². The molecule has 0 aliphatic rings. The van der Waals surface area contributed by atoms with Gasteiger partial charge in [-0.3, -0.25) is 0 Å². The van der Waals surface area contributed by atoms with E-state index in [0.717, 1.165) is 0 Å². The second-order valence-corrected chi connectivity index (χ2v) is 5.31. The number of hydrogen-bond donors (Lipinski definition) is 3. The monoisotopic (exact) mass is 236 g/mol. The van der Waals surface area contributed by atoms with Gasteiger partial charge in [-0.25, -0.2) is 5.14 Å². The molecule has 0 bridgehead atoms. The van der Waals surface area contributed by atoms with Gasteiger partial charge in [-0.2, -0.15) is 24.5 Å². The Morgan fingerprint density at radius 1 is 1.71 bits per heavy atom. The van der Waals surface area contributed by atoms with E-state index < -0.39 is 15.8 Å². The van der Waals surface area contributed by atoms with E-state index in [1.807, 2.05) is 0 Å². The van der Waals surface area contributed by atoms with Crippen LogP contribution in [0.2, 0.25) is 0 Å². The summed E-state index contributed by atoms with van der Waals surface area (Å²) >= 11 is 1.43. The van der Waals surface area contributed by atoms with Crippen molar-refractivity contribution < 1.29 is 13.5 Å². The minimum atomic E-state index is -3.75. The van der Waals surface area contributed by atoms with E-state index in [0.29, 0.717) is 5.56 Å². The fraction of sp³-hybridized carbons (Fsp3) is 0.429. The van der Waals surface area contributed by atoms with Gasteiger partial charge in [-0.05, 0) is 29.3 Å². The van der Waals surface area contributed by atoms with Gasteiger partial charge in [0.2, 0.25) is 0 Å². The Hall–Kier alpha value is -0.470. The number of thiophene rings is 1. The molecule has 0 aliphatic carbocycles. The zero-order chi connectivity index (χ0) is 10.8. The van der Waals surface area contributed by atoms with Crippen molar-refractivity contribution in [1.29, 1.82) is 0 Å². The predicted molar refractivity (Wildman–Crippen MR) is 55.0 cm³/mol. The van der Waals surface area contributed by atoms with Crippen LogP contribution in [0.5, 0.6) is 0 Å². The molecular formula is C7H12N2O3S2. The molecule has 4 N–H and O–H groups in total. The second-order valence-electron chi connectivity index (χ2n) is 3.15. The van der Waals surface area contributed by atoms with Crippen LogP contribution in [-0.4, -0.2) is 20.1 Å². The molecule has 80 valence electrons. The highest BCUT2D eigenvalue weighted by atomic mass is 32.2. The number of rotatable bonds is 4. The molecule has 0 radical (unpaired) electrons. The number of nitrogens with one attached hydrogen (secondary N) is 1. The first-order chi connectivity index (χ1) is 6.31. The molecule has 0 amide bonds. The molecular weight excluding hydrogens is 224 g/mol. The normalized spacial score (nSPS) is 16.5. The average molecular weight is 236 g/mol. The van der Waals surface area contributed by atoms with Crippen molar-refractivity contribution in [2.75, 3.05) is 6.54 Å². The van der Waals surface area contributed by atoms with Crippen LogP contribution < -0.4 is 9.86 Å². The molecule has 14 heavy (non-hydrogen) atoms. The molecule has 1 heterocycles. The van der Waals surface area contributed by atoms with E-state index in [1.165, 1.54) is 18.3 Å². The zero-order valence-electron chi connectivity index (χ0n) is 7.60. The maximum atomic E-state index is 10.6. The molecule has 0 fully saturated rings. The summed E-state index contributed by atoms with van der Waals surface area (Å²) in [6, 6.07) is 1.73. The van der Waals surface area contributed by atoms with Crippen LogP contribution in [0.25, 0.3) is 0 Å². The number of hydrogen-bond acceptors (Lipinski definition) is 4. The van der Waals surface area contributed by atoms with Crippen LogP contribution in [-0.2, 0) is 15.8 Å². The quantitative estimate of drug-likeness (QED) is 0.673. The van der Waals surface area contributed by atoms with Gasteiger partial charge in [0.1, 0.15) is 5.60 Å². The Balaban J connectivity index is 2.69. The van der Waals surface area contributed by atoms with E-state index >= 15 is 0 Å². The van der Waals surface area contributed by atoms with Crippen molar-refractivity contribution in [2.45, 2.75) is 12.5 Å². The topological polar surface area (TPSA) is 92.4 Å². The lowest BCUT2D eigenvalue weighted by molar-refractivity contribution is 0.0632. The van der Waals surface area contributed by atoms with Crippen molar-refractivity contribution in [3.8, 4) is 0 Å². The lowest BCUT2D eigenvalue weighted by Gasteiger charge is -2.21. The maximum Gasteiger partial charge on any atom is 0.274 e. The molecule has 5 nitrogen and oxygen atoms in total. The highest BCUT2D eigenvalue weighted by Gasteiger charge is 2.24. The Labute approximate surface area is 86.7 Å². The van der Waals surface area contributed by atoms with E-state index in [9.17, 15) is 13.5 Å². The maximum absolute atomic E-state index is 10.6. The van der Waals surface area contributed by atoms with Crippen LogP contribution in [0.15, 0.2) is 16.8 Å². The highest BCUT2D eigenvalue weighted by molar-refractivity contribution is 7.87. The van der Waals surface area contributed by atoms with Gasteiger partial charge in [-0.15, -0.1) is 0 Å². The smallest absolute Gasteiger partial charge is 0.274 e. The first-order valence-electron chi connectivity index (χ1n) is 3.84. The van der Waals surface area contributed by atoms with Gasteiger partial charge in [-0.1, -0.05) is 0 Å². The largest absolute Gasteiger partial charge is 0.384 e. The van der Waals surface area contributed by atoms with Crippen molar-refractivity contribution in [3.63, 3.8) is 0 Å². The van der Waals surface area contributed by atoms with Crippen LogP contribution in [0.4, 0.5) is 0 Å². The van der Waals surface area contributed by atoms with Gasteiger partial charge >= 0.3 is 0 Å². The van der Waals surface area contributed by atoms with Gasteiger partial charge in [0.25, 0.3) is 10.2 Å². The molecule has 0 aliphatic heterocycles. The molecule has 1 rings (SSSR count). The first-order valence-corrected chi connectivity index (χ1v) is 6.33. The minimum Gasteiger partial charge on any atom is -0.384 e. The van der Waals surface area contributed by atoms with Gasteiger partial charge in [0.05, 0.1) is 0 Å². The van der Waals surface area contributed by atoms with Crippen LogP contribution >= 0.6 is 11.3 Å². The molecule has 1 unspecified atom stereocenters. The zero-order valence-corrected chi connectivity index (χ0v) is 9.23. The first kappa shape index (κ1) is 11.6. The van der Waals surface area contributed by atoms with E-state index in [2.05, 4.69) is 4.72 Å². The molecule has 0 aromatic carbocycles. The summed E-state index contributed by atoms with van der Waals surface area (Å²) in [5.41, 5.74) is -0.564. The fourth-order valence-corrected chi connectivity index (χ4v) is 2.18. The Bertz CT molecular complexity index is 383. The molecule has 7 heteroatoms. The van der Waals surface area contributed by atoms with Crippen molar-refractivity contribution in [3.05, 3.63) is 22.4 Å². The second kappa shape index (κ2) is 3.95. The molecule has 0 saturated heterocycles. The lowest BCUT2D eigenvalue weighted by Crippen LogP contribution is -2.41. The summed E-state index contributed by atoms with van der Waals surface area (Å²) in [5.74, 6) is 0. The Morgan fingerprint density at radius 2 is 2.36 bits per heavy atom. The Kier molecular flexibility index (Phi) is 3.28. The molecule has 0 saturated carbocycles. The number of nitrogens with two attached hydrogens (primary N) is 1. The summed E-state index contributed by atoms with van der Waals surface area (Å²) in [7, 11) is -3.75. The minimum absolute atomic E-state index is 0.136. The molecule has 1 aromatic rings. The van der Waals surface area contributed by atoms with Crippen LogP contribution in [0.1, 0.15) is 12.5 Å². The van der Waals surface area contributed by atoms with E-state index in [-0.39, 0.29) is 6.54 Å². The third-order valence-corrected chi connectivity index (χ3v) is 2.99.